The number of hydrogen-bond acceptors (Lipinski definition) is 3. The van der Waals surface area contributed by atoms with Crippen molar-refractivity contribution in [2.45, 2.75) is 0 Å². The number of H-pyrrole nitrogens is 1. The van der Waals surface area contributed by atoms with Crippen LogP contribution in [-0.2, 0) is 0 Å². The number of aromatic hydroxyl groups is 1. The topological polar surface area (TPSA) is 74.9 Å². The lowest BCUT2D eigenvalue weighted by molar-refractivity contribution is 0.409. The molecular weight excluding hydrogens is 204 g/mol. The van der Waals surface area contributed by atoms with Crippen LogP contribution in [0.25, 0.3) is 11.1 Å². The SMILES string of the molecule is Nc1[nH]ncc1-c1ccc(F)c(F)c1O. The van der Waals surface area contributed by atoms with Gasteiger partial charge in [0.15, 0.2) is 11.6 Å². The fourth-order valence-corrected chi connectivity index (χ4v) is 1.27. The van der Waals surface area contributed by atoms with Gasteiger partial charge in [0.2, 0.25) is 5.82 Å². The number of anilines is 1. The molecule has 78 valence electrons. The molecule has 0 aliphatic rings. The molecule has 0 spiro atoms. The minimum Gasteiger partial charge on any atom is -0.504 e. The van der Waals surface area contributed by atoms with Crippen molar-refractivity contribution in [1.29, 1.82) is 0 Å². The van der Waals surface area contributed by atoms with Gasteiger partial charge in [-0.15, -0.1) is 0 Å². The zero-order valence-corrected chi connectivity index (χ0v) is 7.46. The van der Waals surface area contributed by atoms with E-state index in [0.717, 1.165) is 6.07 Å². The standard InChI is InChI=1S/C9H7F2N3O/c10-6-2-1-4(8(15)7(6)11)5-3-13-14-9(5)12/h1-3,15H,(H3,12,13,14). The van der Waals surface area contributed by atoms with Gasteiger partial charge in [0.25, 0.3) is 0 Å². The Hall–Kier alpha value is -2.11. The largest absolute Gasteiger partial charge is 0.504 e. The Morgan fingerprint density at radius 2 is 2.00 bits per heavy atom. The van der Waals surface area contributed by atoms with E-state index in [1.165, 1.54) is 12.3 Å². The number of aromatic amines is 1. The molecule has 4 N–H and O–H groups in total. The van der Waals surface area contributed by atoms with Crippen LogP contribution < -0.4 is 5.73 Å². The number of rotatable bonds is 1. The summed E-state index contributed by atoms with van der Waals surface area (Å²) in [5.74, 6) is -3.01. The minimum atomic E-state index is -1.30. The maximum Gasteiger partial charge on any atom is 0.200 e. The number of phenols is 1. The van der Waals surface area contributed by atoms with E-state index < -0.39 is 17.4 Å². The van der Waals surface area contributed by atoms with Gasteiger partial charge >= 0.3 is 0 Å². The van der Waals surface area contributed by atoms with E-state index in [2.05, 4.69) is 10.2 Å². The van der Waals surface area contributed by atoms with E-state index in [1.807, 2.05) is 0 Å². The summed E-state index contributed by atoms with van der Waals surface area (Å²) in [7, 11) is 0. The molecule has 0 fully saturated rings. The van der Waals surface area contributed by atoms with E-state index in [9.17, 15) is 13.9 Å². The molecule has 0 aliphatic heterocycles. The summed E-state index contributed by atoms with van der Waals surface area (Å²) in [6.45, 7) is 0. The van der Waals surface area contributed by atoms with Crippen LogP contribution in [0.15, 0.2) is 18.3 Å². The van der Waals surface area contributed by atoms with Crippen molar-refractivity contribution in [2.24, 2.45) is 0 Å². The summed E-state index contributed by atoms with van der Waals surface area (Å²) < 4.78 is 25.7. The number of nitrogens with two attached hydrogens (primary N) is 1. The zero-order valence-electron chi connectivity index (χ0n) is 7.46. The fraction of sp³-hybridized carbons (Fsp3) is 0. The van der Waals surface area contributed by atoms with Gasteiger partial charge in [-0.3, -0.25) is 5.10 Å². The number of phenolic OH excluding ortho intramolecular Hbond substituents is 1. The Morgan fingerprint density at radius 3 is 2.60 bits per heavy atom. The molecule has 2 aromatic rings. The van der Waals surface area contributed by atoms with Gasteiger partial charge in [-0.1, -0.05) is 0 Å². The van der Waals surface area contributed by atoms with Crippen LogP contribution in [0.2, 0.25) is 0 Å². The lowest BCUT2D eigenvalue weighted by Gasteiger charge is -2.04. The third-order valence-corrected chi connectivity index (χ3v) is 2.03. The maximum atomic E-state index is 13.0. The number of halogens is 2. The predicted octanol–water partition coefficient (Wildman–Crippen LogP) is 1.64. The second kappa shape index (κ2) is 3.23. The average molecular weight is 211 g/mol. The normalized spacial score (nSPS) is 10.5. The monoisotopic (exact) mass is 211 g/mol. The van der Waals surface area contributed by atoms with Gasteiger partial charge in [-0.25, -0.2) is 4.39 Å². The summed E-state index contributed by atoms with van der Waals surface area (Å²) in [6, 6.07) is 2.14. The number of nitrogens with one attached hydrogen (secondary N) is 1. The van der Waals surface area contributed by atoms with E-state index in [4.69, 9.17) is 5.73 Å². The van der Waals surface area contributed by atoms with Crippen molar-refractivity contribution in [2.75, 3.05) is 5.73 Å². The molecule has 0 saturated heterocycles. The van der Waals surface area contributed by atoms with Crippen LogP contribution in [0, 0.1) is 11.6 Å². The highest BCUT2D eigenvalue weighted by Crippen LogP contribution is 2.34. The second-order valence-corrected chi connectivity index (χ2v) is 2.95. The van der Waals surface area contributed by atoms with Crippen molar-refractivity contribution in [3.8, 4) is 16.9 Å². The highest BCUT2D eigenvalue weighted by molar-refractivity contribution is 5.77. The first-order chi connectivity index (χ1) is 7.11. The molecular formula is C9H7F2N3O. The van der Waals surface area contributed by atoms with Crippen LogP contribution in [0.4, 0.5) is 14.6 Å². The number of hydrogen-bond donors (Lipinski definition) is 3. The van der Waals surface area contributed by atoms with Crippen molar-refractivity contribution < 1.29 is 13.9 Å². The lowest BCUT2D eigenvalue weighted by atomic mass is 10.1. The van der Waals surface area contributed by atoms with Gasteiger partial charge in [0.05, 0.1) is 6.20 Å². The summed E-state index contributed by atoms with van der Waals surface area (Å²) in [4.78, 5) is 0. The van der Waals surface area contributed by atoms with Crippen molar-refractivity contribution >= 4 is 5.82 Å². The number of aromatic nitrogens is 2. The molecule has 0 saturated carbocycles. The third kappa shape index (κ3) is 1.39. The minimum absolute atomic E-state index is 0.0974. The molecule has 0 amide bonds. The molecule has 4 nitrogen and oxygen atoms in total. The summed E-state index contributed by atoms with van der Waals surface area (Å²) in [5.41, 5.74) is 5.91. The molecule has 0 aliphatic carbocycles. The summed E-state index contributed by atoms with van der Waals surface area (Å²) in [5, 5.41) is 15.4. The predicted molar refractivity (Wildman–Crippen MR) is 50.0 cm³/mol. The van der Waals surface area contributed by atoms with Crippen LogP contribution in [-0.4, -0.2) is 15.3 Å². The van der Waals surface area contributed by atoms with Crippen molar-refractivity contribution in [3.05, 3.63) is 30.0 Å². The first-order valence-corrected chi connectivity index (χ1v) is 4.07. The average Bonchev–Trinajstić information content (AvgIpc) is 2.62. The fourth-order valence-electron chi connectivity index (χ4n) is 1.27. The van der Waals surface area contributed by atoms with Gasteiger partial charge in [0.1, 0.15) is 5.82 Å². The van der Waals surface area contributed by atoms with Gasteiger partial charge in [-0.2, -0.15) is 9.49 Å². The smallest absolute Gasteiger partial charge is 0.200 e. The van der Waals surface area contributed by atoms with Crippen LogP contribution >= 0.6 is 0 Å². The van der Waals surface area contributed by atoms with Gasteiger partial charge < -0.3 is 10.8 Å². The Kier molecular flexibility index (Phi) is 2.03. The Morgan fingerprint density at radius 1 is 1.27 bits per heavy atom. The molecule has 1 aromatic heterocycles. The molecule has 1 heterocycles. The highest BCUT2D eigenvalue weighted by Gasteiger charge is 2.16. The Bertz CT molecular complexity index is 510. The highest BCUT2D eigenvalue weighted by atomic mass is 19.2. The van der Waals surface area contributed by atoms with E-state index in [-0.39, 0.29) is 11.4 Å². The third-order valence-electron chi connectivity index (χ3n) is 2.03. The quantitative estimate of drug-likeness (QED) is 0.671. The molecule has 0 bridgehead atoms. The van der Waals surface area contributed by atoms with Crippen molar-refractivity contribution in [3.63, 3.8) is 0 Å². The van der Waals surface area contributed by atoms with Gasteiger partial charge in [0, 0.05) is 11.1 Å². The molecule has 15 heavy (non-hydrogen) atoms. The molecule has 0 atom stereocenters. The van der Waals surface area contributed by atoms with E-state index in [0.29, 0.717) is 5.56 Å². The van der Waals surface area contributed by atoms with Gasteiger partial charge in [-0.05, 0) is 12.1 Å². The number of nitrogen functional groups attached to an aromatic ring is 1. The molecule has 2 rings (SSSR count). The summed E-state index contributed by atoms with van der Waals surface area (Å²) >= 11 is 0. The van der Waals surface area contributed by atoms with Crippen LogP contribution in [0.3, 0.4) is 0 Å². The first-order valence-electron chi connectivity index (χ1n) is 4.07. The molecule has 0 unspecified atom stereocenters. The Labute approximate surface area is 83.4 Å². The Balaban J connectivity index is 2.65. The lowest BCUT2D eigenvalue weighted by Crippen LogP contribution is -1.91. The zero-order chi connectivity index (χ0) is 11.0. The molecule has 6 heteroatoms. The number of nitrogens with zero attached hydrogens (tertiary/aromatic N) is 1. The van der Waals surface area contributed by atoms with E-state index in [1.54, 1.807) is 0 Å². The second-order valence-electron chi connectivity index (χ2n) is 2.95. The maximum absolute atomic E-state index is 13.0. The first kappa shape index (κ1) is 9.45. The van der Waals surface area contributed by atoms with Crippen LogP contribution in [0.5, 0.6) is 5.75 Å². The van der Waals surface area contributed by atoms with Crippen LogP contribution in [0.1, 0.15) is 0 Å². The molecule has 1 aromatic carbocycles. The summed E-state index contributed by atoms with van der Waals surface area (Å²) in [6.07, 6.45) is 1.32. The van der Waals surface area contributed by atoms with Crippen molar-refractivity contribution in [1.82, 2.24) is 10.2 Å². The number of benzene rings is 1. The van der Waals surface area contributed by atoms with E-state index >= 15 is 0 Å². The molecule has 0 radical (unpaired) electrons.